The summed E-state index contributed by atoms with van der Waals surface area (Å²) in [5, 5.41) is 2.93. The molecular formula is C9H16ClNO. The fraction of sp³-hybridized carbons (Fsp3) is 0.889. The van der Waals surface area contributed by atoms with Crippen molar-refractivity contribution < 1.29 is 4.79 Å². The van der Waals surface area contributed by atoms with Crippen molar-refractivity contribution in [2.24, 2.45) is 5.92 Å². The van der Waals surface area contributed by atoms with Gasteiger partial charge in [0.25, 0.3) is 0 Å². The second kappa shape index (κ2) is 4.70. The van der Waals surface area contributed by atoms with Gasteiger partial charge in [0.1, 0.15) is 5.88 Å². The lowest BCUT2D eigenvalue weighted by Crippen LogP contribution is -2.38. The molecule has 1 aliphatic rings. The van der Waals surface area contributed by atoms with Gasteiger partial charge in [-0.05, 0) is 18.8 Å². The van der Waals surface area contributed by atoms with Crippen LogP contribution in [0.4, 0.5) is 0 Å². The summed E-state index contributed by atoms with van der Waals surface area (Å²) in [6, 6.07) is 0.375. The van der Waals surface area contributed by atoms with Gasteiger partial charge in [0.2, 0.25) is 5.91 Å². The van der Waals surface area contributed by atoms with Crippen molar-refractivity contribution in [3.63, 3.8) is 0 Å². The molecule has 0 heterocycles. The van der Waals surface area contributed by atoms with E-state index in [1.54, 1.807) is 0 Å². The first-order chi connectivity index (χ1) is 5.72. The fourth-order valence-electron chi connectivity index (χ4n) is 1.83. The molecule has 3 heteroatoms. The molecule has 0 aromatic carbocycles. The summed E-state index contributed by atoms with van der Waals surface area (Å²) in [5.74, 6) is 0.806. The first kappa shape index (κ1) is 9.85. The number of amides is 1. The Labute approximate surface area is 78.7 Å². The molecule has 12 heavy (non-hydrogen) atoms. The molecular weight excluding hydrogens is 174 g/mol. The predicted molar refractivity (Wildman–Crippen MR) is 50.3 cm³/mol. The highest BCUT2D eigenvalue weighted by molar-refractivity contribution is 6.27. The quantitative estimate of drug-likeness (QED) is 0.661. The Morgan fingerprint density at radius 1 is 1.58 bits per heavy atom. The molecule has 0 saturated heterocycles. The van der Waals surface area contributed by atoms with E-state index in [0.29, 0.717) is 6.04 Å². The van der Waals surface area contributed by atoms with Crippen LogP contribution < -0.4 is 5.32 Å². The Kier molecular flexibility index (Phi) is 3.86. The summed E-state index contributed by atoms with van der Waals surface area (Å²) in [7, 11) is 0. The van der Waals surface area contributed by atoms with Gasteiger partial charge in [-0.15, -0.1) is 11.6 Å². The molecule has 1 saturated carbocycles. The SMILES string of the molecule is C[C@@H]1CCC[C@@H](NC(=O)CCl)C1. The molecule has 0 aliphatic heterocycles. The highest BCUT2D eigenvalue weighted by Gasteiger charge is 2.19. The van der Waals surface area contributed by atoms with E-state index in [1.165, 1.54) is 12.8 Å². The third-order valence-electron chi connectivity index (χ3n) is 2.42. The average molecular weight is 190 g/mol. The van der Waals surface area contributed by atoms with Gasteiger partial charge in [0, 0.05) is 6.04 Å². The highest BCUT2D eigenvalue weighted by Crippen LogP contribution is 2.23. The molecule has 0 aromatic rings. The lowest BCUT2D eigenvalue weighted by molar-refractivity contribution is -0.119. The molecule has 1 aliphatic carbocycles. The number of nitrogens with one attached hydrogen (secondary N) is 1. The molecule has 2 atom stereocenters. The van der Waals surface area contributed by atoms with E-state index in [-0.39, 0.29) is 11.8 Å². The smallest absolute Gasteiger partial charge is 0.235 e. The Morgan fingerprint density at radius 2 is 2.33 bits per heavy atom. The summed E-state index contributed by atoms with van der Waals surface area (Å²) in [6.45, 7) is 2.24. The number of hydrogen-bond donors (Lipinski definition) is 1. The monoisotopic (exact) mass is 189 g/mol. The first-order valence-corrected chi connectivity index (χ1v) is 5.11. The van der Waals surface area contributed by atoms with Crippen LogP contribution in [0.1, 0.15) is 32.6 Å². The largest absolute Gasteiger partial charge is 0.352 e. The zero-order valence-corrected chi connectivity index (χ0v) is 8.23. The lowest BCUT2D eigenvalue weighted by atomic mass is 9.87. The van der Waals surface area contributed by atoms with Crippen molar-refractivity contribution in [2.75, 3.05) is 5.88 Å². The van der Waals surface area contributed by atoms with Crippen LogP contribution in [-0.2, 0) is 4.79 Å². The van der Waals surface area contributed by atoms with Crippen molar-refractivity contribution in [1.82, 2.24) is 5.32 Å². The Morgan fingerprint density at radius 3 is 2.92 bits per heavy atom. The molecule has 1 fully saturated rings. The van der Waals surface area contributed by atoms with Crippen LogP contribution in [0.25, 0.3) is 0 Å². The fourth-order valence-corrected chi connectivity index (χ4v) is 1.91. The van der Waals surface area contributed by atoms with Gasteiger partial charge in [0.15, 0.2) is 0 Å². The second-order valence-electron chi connectivity index (χ2n) is 3.67. The summed E-state index contributed by atoms with van der Waals surface area (Å²) >= 11 is 5.40. The van der Waals surface area contributed by atoms with Crippen LogP contribution in [0.3, 0.4) is 0 Å². The van der Waals surface area contributed by atoms with Crippen LogP contribution in [0.2, 0.25) is 0 Å². The molecule has 0 spiro atoms. The Bertz CT molecular complexity index is 161. The predicted octanol–water partition coefficient (Wildman–Crippen LogP) is 1.92. The van der Waals surface area contributed by atoms with Gasteiger partial charge < -0.3 is 5.32 Å². The van der Waals surface area contributed by atoms with E-state index >= 15 is 0 Å². The first-order valence-electron chi connectivity index (χ1n) is 4.57. The molecule has 0 radical (unpaired) electrons. The molecule has 1 N–H and O–H groups in total. The molecule has 70 valence electrons. The third kappa shape index (κ3) is 3.02. The van der Waals surface area contributed by atoms with Crippen LogP contribution in [0, 0.1) is 5.92 Å². The molecule has 0 bridgehead atoms. The van der Waals surface area contributed by atoms with E-state index in [0.717, 1.165) is 18.8 Å². The van der Waals surface area contributed by atoms with E-state index < -0.39 is 0 Å². The highest BCUT2D eigenvalue weighted by atomic mass is 35.5. The van der Waals surface area contributed by atoms with Crippen LogP contribution in [0.5, 0.6) is 0 Å². The number of alkyl halides is 1. The van der Waals surface area contributed by atoms with E-state index in [2.05, 4.69) is 12.2 Å². The average Bonchev–Trinajstić information content (AvgIpc) is 2.04. The van der Waals surface area contributed by atoms with Crippen molar-refractivity contribution in [1.29, 1.82) is 0 Å². The number of hydrogen-bond acceptors (Lipinski definition) is 1. The standard InChI is InChI=1S/C9H16ClNO/c1-7-3-2-4-8(5-7)11-9(12)6-10/h7-8H,2-6H2,1H3,(H,11,12)/t7-,8-/m1/s1. The van der Waals surface area contributed by atoms with Gasteiger partial charge in [-0.3, -0.25) is 4.79 Å². The van der Waals surface area contributed by atoms with E-state index in [4.69, 9.17) is 11.6 Å². The van der Waals surface area contributed by atoms with Crippen LogP contribution in [-0.4, -0.2) is 17.8 Å². The summed E-state index contributed by atoms with van der Waals surface area (Å²) < 4.78 is 0. The minimum atomic E-state index is -0.0317. The van der Waals surface area contributed by atoms with Crippen molar-refractivity contribution in [3.05, 3.63) is 0 Å². The van der Waals surface area contributed by atoms with Crippen molar-refractivity contribution in [3.8, 4) is 0 Å². The lowest BCUT2D eigenvalue weighted by Gasteiger charge is -2.27. The molecule has 1 rings (SSSR count). The topological polar surface area (TPSA) is 29.1 Å². The number of carbonyl (C=O) groups excluding carboxylic acids is 1. The van der Waals surface area contributed by atoms with Crippen molar-refractivity contribution in [2.45, 2.75) is 38.6 Å². The molecule has 0 unspecified atom stereocenters. The Hall–Kier alpha value is -0.240. The number of rotatable bonds is 2. The molecule has 0 aromatic heterocycles. The Balaban J connectivity index is 2.27. The minimum Gasteiger partial charge on any atom is -0.352 e. The maximum atomic E-state index is 10.9. The summed E-state index contributed by atoms with van der Waals surface area (Å²) in [5.41, 5.74) is 0. The maximum Gasteiger partial charge on any atom is 0.235 e. The van der Waals surface area contributed by atoms with Crippen LogP contribution in [0.15, 0.2) is 0 Å². The van der Waals surface area contributed by atoms with Gasteiger partial charge in [0.05, 0.1) is 0 Å². The van der Waals surface area contributed by atoms with Gasteiger partial charge in [-0.1, -0.05) is 19.8 Å². The minimum absolute atomic E-state index is 0.0317. The normalized spacial score (nSPS) is 29.8. The molecule has 1 amide bonds. The summed E-state index contributed by atoms with van der Waals surface area (Å²) in [6.07, 6.45) is 4.76. The summed E-state index contributed by atoms with van der Waals surface area (Å²) in [4.78, 5) is 10.9. The van der Waals surface area contributed by atoms with Gasteiger partial charge >= 0.3 is 0 Å². The van der Waals surface area contributed by atoms with E-state index in [1.807, 2.05) is 0 Å². The van der Waals surface area contributed by atoms with Gasteiger partial charge in [-0.25, -0.2) is 0 Å². The van der Waals surface area contributed by atoms with Crippen molar-refractivity contribution >= 4 is 17.5 Å². The zero-order chi connectivity index (χ0) is 8.97. The second-order valence-corrected chi connectivity index (χ2v) is 3.94. The van der Waals surface area contributed by atoms with Crippen LogP contribution >= 0.6 is 11.6 Å². The van der Waals surface area contributed by atoms with Gasteiger partial charge in [-0.2, -0.15) is 0 Å². The number of halogens is 1. The molecule has 2 nitrogen and oxygen atoms in total. The van der Waals surface area contributed by atoms with E-state index in [9.17, 15) is 4.79 Å². The number of carbonyl (C=O) groups is 1. The zero-order valence-electron chi connectivity index (χ0n) is 7.48. The third-order valence-corrected chi connectivity index (χ3v) is 2.67. The maximum absolute atomic E-state index is 10.9.